The number of carbonyl (C=O) groups is 3. The minimum absolute atomic E-state index is 0.0987. The van der Waals surface area contributed by atoms with Crippen LogP contribution in [-0.2, 0) is 9.53 Å². The molecule has 26 heavy (non-hydrogen) atoms. The molecule has 0 radical (unpaired) electrons. The second-order valence-electron chi connectivity index (χ2n) is 5.88. The van der Waals surface area contributed by atoms with Gasteiger partial charge in [-0.15, -0.1) is 0 Å². The lowest BCUT2D eigenvalue weighted by Crippen LogP contribution is -2.44. The van der Waals surface area contributed by atoms with Gasteiger partial charge in [-0.1, -0.05) is 12.8 Å². The third-order valence-electron chi connectivity index (χ3n) is 3.98. The maximum absolute atomic E-state index is 12.1. The molecule has 8 nitrogen and oxygen atoms in total. The van der Waals surface area contributed by atoms with Crippen LogP contribution in [0.5, 0.6) is 11.5 Å². The number of imide groups is 1. The van der Waals surface area contributed by atoms with Crippen LogP contribution in [0.1, 0.15) is 43.0 Å². The fourth-order valence-electron chi connectivity index (χ4n) is 2.74. The zero-order valence-electron chi connectivity index (χ0n) is 15.0. The summed E-state index contributed by atoms with van der Waals surface area (Å²) in [5, 5.41) is 4.87. The number of carbonyl (C=O) groups excluding carboxylic acids is 3. The van der Waals surface area contributed by atoms with Crippen molar-refractivity contribution in [3.8, 4) is 11.5 Å². The van der Waals surface area contributed by atoms with Gasteiger partial charge >= 0.3 is 12.0 Å². The van der Waals surface area contributed by atoms with Gasteiger partial charge in [-0.25, -0.2) is 9.59 Å². The number of urea groups is 1. The Balaban J connectivity index is 1.82. The summed E-state index contributed by atoms with van der Waals surface area (Å²) >= 11 is 0. The number of hydrogen-bond donors (Lipinski definition) is 2. The van der Waals surface area contributed by atoms with Gasteiger partial charge in [-0.3, -0.25) is 10.1 Å². The summed E-state index contributed by atoms with van der Waals surface area (Å²) in [7, 11) is 1.50. The van der Waals surface area contributed by atoms with Crippen LogP contribution in [0.4, 0.5) is 4.79 Å². The minimum Gasteiger partial charge on any atom is -0.493 e. The Morgan fingerprint density at radius 3 is 2.54 bits per heavy atom. The van der Waals surface area contributed by atoms with Crippen LogP contribution >= 0.6 is 0 Å². The molecule has 0 heterocycles. The molecule has 2 rings (SSSR count). The Kier molecular flexibility index (Phi) is 7.25. The number of methoxy groups -OCH3 is 1. The molecular weight excluding hydrogens is 340 g/mol. The van der Waals surface area contributed by atoms with E-state index in [4.69, 9.17) is 14.2 Å². The lowest BCUT2D eigenvalue weighted by atomic mass is 10.2. The Labute approximate surface area is 152 Å². The molecule has 2 N–H and O–H groups in total. The van der Waals surface area contributed by atoms with Crippen LogP contribution in [0.3, 0.4) is 0 Å². The molecule has 8 heteroatoms. The Morgan fingerprint density at radius 1 is 1.15 bits per heavy atom. The maximum atomic E-state index is 12.1. The first-order valence-corrected chi connectivity index (χ1v) is 8.61. The van der Waals surface area contributed by atoms with Gasteiger partial charge < -0.3 is 19.5 Å². The van der Waals surface area contributed by atoms with E-state index in [1.807, 2.05) is 6.92 Å². The molecule has 1 aromatic carbocycles. The van der Waals surface area contributed by atoms with Gasteiger partial charge in [0.25, 0.3) is 5.91 Å². The summed E-state index contributed by atoms with van der Waals surface area (Å²) in [6, 6.07) is 4.10. The highest BCUT2D eigenvalue weighted by Gasteiger charge is 2.19. The van der Waals surface area contributed by atoms with Crippen molar-refractivity contribution in [2.75, 3.05) is 20.3 Å². The Morgan fingerprint density at radius 2 is 1.88 bits per heavy atom. The van der Waals surface area contributed by atoms with E-state index >= 15 is 0 Å². The van der Waals surface area contributed by atoms with Crippen LogP contribution in [0.15, 0.2) is 18.2 Å². The quantitative estimate of drug-likeness (QED) is 0.718. The molecular formula is C18H24N2O6. The molecule has 3 amide bonds. The number of benzene rings is 1. The van der Waals surface area contributed by atoms with E-state index in [0.29, 0.717) is 18.1 Å². The highest BCUT2D eigenvalue weighted by molar-refractivity contribution is 5.97. The molecule has 0 bridgehead atoms. The van der Waals surface area contributed by atoms with Crippen molar-refractivity contribution in [1.82, 2.24) is 10.6 Å². The third-order valence-corrected chi connectivity index (χ3v) is 3.98. The average Bonchev–Trinajstić information content (AvgIpc) is 3.12. The predicted octanol–water partition coefficient (Wildman–Crippen LogP) is 2.02. The zero-order valence-corrected chi connectivity index (χ0v) is 15.0. The van der Waals surface area contributed by atoms with E-state index < -0.39 is 24.5 Å². The van der Waals surface area contributed by atoms with E-state index in [1.165, 1.54) is 19.2 Å². The molecule has 1 saturated carbocycles. The SMILES string of the molecule is CCOc1cc(C(=O)OCC(=O)NC(=O)NC2CCCC2)ccc1OC. The van der Waals surface area contributed by atoms with Crippen molar-refractivity contribution in [3.05, 3.63) is 23.8 Å². The number of amides is 3. The number of ether oxygens (including phenoxy) is 3. The van der Waals surface area contributed by atoms with Crippen LogP contribution in [0.25, 0.3) is 0 Å². The molecule has 0 aliphatic heterocycles. The fraction of sp³-hybridized carbons (Fsp3) is 0.500. The summed E-state index contributed by atoms with van der Waals surface area (Å²) in [4.78, 5) is 35.5. The number of hydrogen-bond acceptors (Lipinski definition) is 6. The summed E-state index contributed by atoms with van der Waals surface area (Å²) in [6.07, 6.45) is 3.97. The maximum Gasteiger partial charge on any atom is 0.338 e. The second-order valence-corrected chi connectivity index (χ2v) is 5.88. The largest absolute Gasteiger partial charge is 0.493 e. The second kappa shape index (κ2) is 9.65. The molecule has 0 aromatic heterocycles. The summed E-state index contributed by atoms with van der Waals surface area (Å²) < 4.78 is 15.5. The molecule has 142 valence electrons. The summed E-state index contributed by atoms with van der Waals surface area (Å²) in [5.74, 6) is -0.484. The van der Waals surface area contributed by atoms with Crippen molar-refractivity contribution in [3.63, 3.8) is 0 Å². The van der Waals surface area contributed by atoms with Crippen LogP contribution in [0, 0.1) is 0 Å². The molecule has 0 spiro atoms. The first-order valence-electron chi connectivity index (χ1n) is 8.61. The number of rotatable bonds is 7. The normalized spacial score (nSPS) is 13.8. The fourth-order valence-corrected chi connectivity index (χ4v) is 2.74. The number of esters is 1. The van der Waals surface area contributed by atoms with Crippen LogP contribution in [-0.4, -0.2) is 44.3 Å². The molecule has 1 aliphatic rings. The van der Waals surface area contributed by atoms with E-state index in [0.717, 1.165) is 25.7 Å². The van der Waals surface area contributed by atoms with Gasteiger partial charge in [0.15, 0.2) is 18.1 Å². The molecule has 0 saturated heterocycles. The van der Waals surface area contributed by atoms with Crippen molar-refractivity contribution in [2.45, 2.75) is 38.6 Å². The third kappa shape index (κ3) is 5.65. The van der Waals surface area contributed by atoms with Gasteiger partial charge in [-0.05, 0) is 38.0 Å². The first kappa shape index (κ1) is 19.6. The average molecular weight is 364 g/mol. The van der Waals surface area contributed by atoms with E-state index in [1.54, 1.807) is 6.07 Å². The van der Waals surface area contributed by atoms with Crippen molar-refractivity contribution in [1.29, 1.82) is 0 Å². The van der Waals surface area contributed by atoms with Gasteiger partial charge in [0.2, 0.25) is 0 Å². The van der Waals surface area contributed by atoms with E-state index in [-0.39, 0.29) is 11.6 Å². The summed E-state index contributed by atoms with van der Waals surface area (Å²) in [6.45, 7) is 1.67. The van der Waals surface area contributed by atoms with E-state index in [2.05, 4.69) is 10.6 Å². The topological polar surface area (TPSA) is 103 Å². The molecule has 1 aliphatic carbocycles. The van der Waals surface area contributed by atoms with Crippen molar-refractivity contribution >= 4 is 17.9 Å². The minimum atomic E-state index is -0.694. The molecule has 1 fully saturated rings. The molecule has 1 aromatic rings. The molecule has 0 unspecified atom stereocenters. The lowest BCUT2D eigenvalue weighted by molar-refractivity contribution is -0.123. The van der Waals surface area contributed by atoms with Crippen LogP contribution < -0.4 is 20.1 Å². The predicted molar refractivity (Wildman–Crippen MR) is 93.4 cm³/mol. The van der Waals surface area contributed by atoms with Gasteiger partial charge in [0, 0.05) is 6.04 Å². The van der Waals surface area contributed by atoms with Crippen LogP contribution in [0.2, 0.25) is 0 Å². The van der Waals surface area contributed by atoms with E-state index in [9.17, 15) is 14.4 Å². The number of nitrogens with one attached hydrogen (secondary N) is 2. The van der Waals surface area contributed by atoms with Gasteiger partial charge in [0.05, 0.1) is 19.3 Å². The standard InChI is InChI=1S/C18H24N2O6/c1-3-25-15-10-12(8-9-14(15)24-2)17(22)26-11-16(21)20-18(23)19-13-6-4-5-7-13/h8-10,13H,3-7,11H2,1-2H3,(H2,19,20,21,23). The van der Waals surface area contributed by atoms with Crippen molar-refractivity contribution < 1.29 is 28.6 Å². The van der Waals surface area contributed by atoms with Gasteiger partial charge in [-0.2, -0.15) is 0 Å². The molecule has 0 atom stereocenters. The Hall–Kier alpha value is -2.77. The Bertz CT molecular complexity index is 655. The highest BCUT2D eigenvalue weighted by atomic mass is 16.5. The monoisotopic (exact) mass is 364 g/mol. The first-order chi connectivity index (χ1) is 12.5. The lowest BCUT2D eigenvalue weighted by Gasteiger charge is -2.12. The van der Waals surface area contributed by atoms with Crippen molar-refractivity contribution in [2.24, 2.45) is 0 Å². The van der Waals surface area contributed by atoms with Gasteiger partial charge in [0.1, 0.15) is 0 Å². The highest BCUT2D eigenvalue weighted by Crippen LogP contribution is 2.28. The smallest absolute Gasteiger partial charge is 0.338 e. The summed E-state index contributed by atoms with van der Waals surface area (Å²) in [5.41, 5.74) is 0.220. The zero-order chi connectivity index (χ0) is 18.9.